The zero-order valence-electron chi connectivity index (χ0n) is 6.80. The predicted octanol–water partition coefficient (Wildman–Crippen LogP) is 0.422. The second-order valence-electron chi connectivity index (χ2n) is 2.09. The van der Waals surface area contributed by atoms with Gasteiger partial charge in [-0.1, -0.05) is 0 Å². The van der Waals surface area contributed by atoms with Crippen molar-refractivity contribution in [2.75, 3.05) is 6.54 Å². The normalized spacial score (nSPS) is 10.2. The molecule has 0 aliphatic carbocycles. The SMILES string of the molecule is CC(CN)n1ccnc1.Cl.Cl.O. The van der Waals surface area contributed by atoms with E-state index in [-0.39, 0.29) is 30.3 Å². The minimum absolute atomic E-state index is 0. The number of hydrogen-bond donors (Lipinski definition) is 1. The summed E-state index contributed by atoms with van der Waals surface area (Å²) in [6.07, 6.45) is 5.45. The minimum atomic E-state index is 0. The van der Waals surface area contributed by atoms with E-state index < -0.39 is 0 Å². The average molecular weight is 216 g/mol. The molecule has 1 aromatic heterocycles. The monoisotopic (exact) mass is 215 g/mol. The average Bonchev–Trinajstić information content (AvgIpc) is 2.37. The topological polar surface area (TPSA) is 75.3 Å². The molecule has 0 spiro atoms. The van der Waals surface area contributed by atoms with Gasteiger partial charge in [0.25, 0.3) is 0 Å². The third-order valence-electron chi connectivity index (χ3n) is 1.37. The predicted molar refractivity (Wildman–Crippen MR) is 54.1 cm³/mol. The molecule has 0 saturated carbocycles. The van der Waals surface area contributed by atoms with Crippen molar-refractivity contribution in [1.29, 1.82) is 0 Å². The van der Waals surface area contributed by atoms with Crippen molar-refractivity contribution in [2.45, 2.75) is 13.0 Å². The van der Waals surface area contributed by atoms with Crippen molar-refractivity contribution in [3.63, 3.8) is 0 Å². The Hall–Kier alpha value is -0.290. The van der Waals surface area contributed by atoms with Crippen LogP contribution >= 0.6 is 24.8 Å². The standard InChI is InChI=1S/C6H11N3.2ClH.H2O/c1-6(4-7)9-3-2-8-5-9;;;/h2-3,5-6H,4,7H2,1H3;2*1H;1H2. The Kier molecular flexibility index (Phi) is 13.0. The number of nitrogens with zero attached hydrogens (tertiary/aromatic N) is 2. The maximum atomic E-state index is 5.41. The molecular formula is C6H15Cl2N3O. The molecule has 1 aromatic rings. The smallest absolute Gasteiger partial charge is 0.0948 e. The Bertz CT molecular complexity index is 169. The van der Waals surface area contributed by atoms with Gasteiger partial charge in [-0.15, -0.1) is 24.8 Å². The number of halogens is 2. The van der Waals surface area contributed by atoms with Crippen molar-refractivity contribution >= 4 is 24.8 Å². The zero-order valence-corrected chi connectivity index (χ0v) is 8.44. The minimum Gasteiger partial charge on any atom is -0.412 e. The van der Waals surface area contributed by atoms with Gasteiger partial charge in [0.05, 0.1) is 6.33 Å². The Balaban J connectivity index is -0.000000270. The molecule has 0 aromatic carbocycles. The van der Waals surface area contributed by atoms with Crippen LogP contribution < -0.4 is 5.73 Å². The summed E-state index contributed by atoms with van der Waals surface area (Å²) in [6, 6.07) is 0.368. The van der Waals surface area contributed by atoms with Crippen molar-refractivity contribution in [3.05, 3.63) is 18.7 Å². The molecular weight excluding hydrogens is 201 g/mol. The van der Waals surface area contributed by atoms with Gasteiger partial charge >= 0.3 is 0 Å². The van der Waals surface area contributed by atoms with Gasteiger partial charge in [0.2, 0.25) is 0 Å². The van der Waals surface area contributed by atoms with Gasteiger partial charge in [-0.3, -0.25) is 0 Å². The first-order valence-corrected chi connectivity index (χ1v) is 3.02. The molecule has 4 N–H and O–H groups in total. The summed E-state index contributed by atoms with van der Waals surface area (Å²) in [5.74, 6) is 0. The van der Waals surface area contributed by atoms with Gasteiger partial charge in [0.1, 0.15) is 0 Å². The maximum Gasteiger partial charge on any atom is 0.0948 e. The first-order chi connectivity index (χ1) is 4.34. The highest BCUT2D eigenvalue weighted by molar-refractivity contribution is 5.85. The van der Waals surface area contributed by atoms with E-state index in [0.717, 1.165) is 0 Å². The quantitative estimate of drug-likeness (QED) is 0.777. The Morgan fingerprint density at radius 1 is 1.50 bits per heavy atom. The van der Waals surface area contributed by atoms with Crippen LogP contribution in [0.15, 0.2) is 18.7 Å². The summed E-state index contributed by atoms with van der Waals surface area (Å²) >= 11 is 0. The lowest BCUT2D eigenvalue weighted by molar-refractivity contribution is 0.558. The van der Waals surface area contributed by atoms with Crippen molar-refractivity contribution < 1.29 is 5.48 Å². The van der Waals surface area contributed by atoms with E-state index in [4.69, 9.17) is 5.73 Å². The summed E-state index contributed by atoms with van der Waals surface area (Å²) in [6.45, 7) is 2.72. The number of aromatic nitrogens is 2. The van der Waals surface area contributed by atoms with Crippen LogP contribution in [0.3, 0.4) is 0 Å². The van der Waals surface area contributed by atoms with Crippen LogP contribution in [0.4, 0.5) is 0 Å². The third kappa shape index (κ3) is 4.56. The van der Waals surface area contributed by atoms with E-state index in [1.165, 1.54) is 0 Å². The molecule has 0 radical (unpaired) electrons. The molecule has 0 aliphatic heterocycles. The van der Waals surface area contributed by atoms with E-state index in [0.29, 0.717) is 12.6 Å². The highest BCUT2D eigenvalue weighted by atomic mass is 35.5. The molecule has 0 fully saturated rings. The van der Waals surface area contributed by atoms with E-state index in [1.807, 2.05) is 10.8 Å². The van der Waals surface area contributed by atoms with Crippen molar-refractivity contribution in [1.82, 2.24) is 9.55 Å². The van der Waals surface area contributed by atoms with Crippen LogP contribution in [0.25, 0.3) is 0 Å². The van der Waals surface area contributed by atoms with Gasteiger partial charge < -0.3 is 15.8 Å². The van der Waals surface area contributed by atoms with Crippen LogP contribution in [0, 0.1) is 0 Å². The van der Waals surface area contributed by atoms with E-state index in [9.17, 15) is 0 Å². The molecule has 6 heteroatoms. The molecule has 0 bridgehead atoms. The summed E-state index contributed by atoms with van der Waals surface area (Å²) in [5, 5.41) is 0. The second-order valence-corrected chi connectivity index (χ2v) is 2.09. The third-order valence-corrected chi connectivity index (χ3v) is 1.37. The molecule has 1 atom stereocenters. The van der Waals surface area contributed by atoms with Crippen LogP contribution in [-0.2, 0) is 0 Å². The van der Waals surface area contributed by atoms with Gasteiger partial charge in [0, 0.05) is 25.0 Å². The fraction of sp³-hybridized carbons (Fsp3) is 0.500. The summed E-state index contributed by atoms with van der Waals surface area (Å²) in [7, 11) is 0. The lowest BCUT2D eigenvalue weighted by Crippen LogP contribution is -2.14. The van der Waals surface area contributed by atoms with Gasteiger partial charge in [-0.2, -0.15) is 0 Å². The summed E-state index contributed by atoms with van der Waals surface area (Å²) in [5.41, 5.74) is 5.41. The highest BCUT2D eigenvalue weighted by Gasteiger charge is 1.97. The maximum absolute atomic E-state index is 5.41. The lowest BCUT2D eigenvalue weighted by Gasteiger charge is -2.07. The number of nitrogens with two attached hydrogens (primary N) is 1. The lowest BCUT2D eigenvalue weighted by atomic mass is 10.3. The number of hydrogen-bond acceptors (Lipinski definition) is 2. The van der Waals surface area contributed by atoms with Crippen LogP contribution in [-0.4, -0.2) is 21.6 Å². The summed E-state index contributed by atoms with van der Waals surface area (Å²) in [4.78, 5) is 3.90. The first-order valence-electron chi connectivity index (χ1n) is 3.02. The van der Waals surface area contributed by atoms with Crippen LogP contribution in [0.2, 0.25) is 0 Å². The van der Waals surface area contributed by atoms with Crippen LogP contribution in [0.5, 0.6) is 0 Å². The van der Waals surface area contributed by atoms with Crippen molar-refractivity contribution in [2.24, 2.45) is 5.73 Å². The zero-order chi connectivity index (χ0) is 6.69. The number of imidazole rings is 1. The molecule has 1 rings (SSSR count). The Morgan fingerprint density at radius 3 is 2.42 bits per heavy atom. The highest BCUT2D eigenvalue weighted by Crippen LogP contribution is 1.99. The molecule has 74 valence electrons. The van der Waals surface area contributed by atoms with E-state index in [2.05, 4.69) is 11.9 Å². The molecule has 1 unspecified atom stereocenters. The molecule has 1 heterocycles. The van der Waals surface area contributed by atoms with Gasteiger partial charge in [-0.05, 0) is 6.92 Å². The fourth-order valence-corrected chi connectivity index (χ4v) is 0.652. The van der Waals surface area contributed by atoms with Crippen molar-refractivity contribution in [3.8, 4) is 0 Å². The second kappa shape index (κ2) is 8.80. The fourth-order valence-electron chi connectivity index (χ4n) is 0.652. The molecule has 4 nitrogen and oxygen atoms in total. The van der Waals surface area contributed by atoms with E-state index >= 15 is 0 Å². The summed E-state index contributed by atoms with van der Waals surface area (Å²) < 4.78 is 1.99. The largest absolute Gasteiger partial charge is 0.412 e. The molecule has 0 amide bonds. The van der Waals surface area contributed by atoms with Gasteiger partial charge in [-0.25, -0.2) is 4.98 Å². The van der Waals surface area contributed by atoms with Crippen LogP contribution in [0.1, 0.15) is 13.0 Å². The molecule has 0 aliphatic rings. The Labute approximate surface area is 84.3 Å². The molecule has 12 heavy (non-hydrogen) atoms. The Morgan fingerprint density at radius 2 is 2.08 bits per heavy atom. The molecule has 0 saturated heterocycles. The number of rotatable bonds is 2. The van der Waals surface area contributed by atoms with E-state index in [1.54, 1.807) is 12.5 Å². The first kappa shape index (κ1) is 17.7. The van der Waals surface area contributed by atoms with Gasteiger partial charge in [0.15, 0.2) is 0 Å².